The minimum Gasteiger partial charge on any atom is -0.310 e. The molecule has 0 amide bonds. The molecule has 1 N–H and O–H groups in total. The maximum atomic E-state index is 11.0. The zero-order valence-electron chi connectivity index (χ0n) is 9.45. The Balaban J connectivity index is 2.20. The van der Waals surface area contributed by atoms with Crippen molar-refractivity contribution in [1.82, 2.24) is 10.2 Å². The van der Waals surface area contributed by atoms with Crippen molar-refractivity contribution in [3.63, 3.8) is 0 Å². The molecule has 0 bridgehead atoms. The van der Waals surface area contributed by atoms with Crippen LogP contribution >= 0.6 is 0 Å². The molecule has 1 aliphatic rings. The molecule has 4 heteroatoms. The molecule has 1 rings (SSSR count). The number of hydrogen-bond acceptors (Lipinski definition) is 3. The molecule has 0 aromatic heterocycles. The summed E-state index contributed by atoms with van der Waals surface area (Å²) >= 11 is 0. The van der Waals surface area contributed by atoms with E-state index in [1.54, 1.807) is 6.26 Å². The van der Waals surface area contributed by atoms with E-state index in [2.05, 4.69) is 24.2 Å². The van der Waals surface area contributed by atoms with Gasteiger partial charge in [0.25, 0.3) is 0 Å². The lowest BCUT2D eigenvalue weighted by Gasteiger charge is -2.31. The van der Waals surface area contributed by atoms with E-state index in [4.69, 9.17) is 0 Å². The SMILES string of the molecule is CC(CS(C)=O)NC1CCN(C)CC1. The molecular weight excluding hydrogens is 196 g/mol. The van der Waals surface area contributed by atoms with Gasteiger partial charge < -0.3 is 10.2 Å². The molecule has 0 radical (unpaired) electrons. The van der Waals surface area contributed by atoms with Crippen molar-refractivity contribution in [3.8, 4) is 0 Å². The molecule has 0 aromatic carbocycles. The second-order valence-electron chi connectivity index (χ2n) is 4.39. The van der Waals surface area contributed by atoms with Crippen LogP contribution in [-0.2, 0) is 10.8 Å². The molecule has 0 aliphatic carbocycles. The lowest BCUT2D eigenvalue weighted by molar-refractivity contribution is 0.229. The van der Waals surface area contributed by atoms with Crippen molar-refractivity contribution < 1.29 is 4.21 Å². The van der Waals surface area contributed by atoms with Gasteiger partial charge in [-0.15, -0.1) is 0 Å². The number of likely N-dealkylation sites (tertiary alicyclic amines) is 1. The molecule has 1 aliphatic heterocycles. The predicted octanol–water partition coefficient (Wildman–Crippen LogP) is 0.437. The fourth-order valence-electron chi connectivity index (χ4n) is 1.98. The van der Waals surface area contributed by atoms with Crippen LogP contribution in [-0.4, -0.2) is 53.3 Å². The summed E-state index contributed by atoms with van der Waals surface area (Å²) in [6, 6.07) is 1.01. The quantitative estimate of drug-likeness (QED) is 0.743. The summed E-state index contributed by atoms with van der Waals surface area (Å²) in [5.74, 6) is 0.770. The Labute approximate surface area is 89.7 Å². The van der Waals surface area contributed by atoms with Gasteiger partial charge in [-0.05, 0) is 39.9 Å². The van der Waals surface area contributed by atoms with Crippen molar-refractivity contribution in [2.24, 2.45) is 0 Å². The molecular formula is C10H22N2OS. The Bertz CT molecular complexity index is 191. The van der Waals surface area contributed by atoms with Crippen LogP contribution in [0.1, 0.15) is 19.8 Å². The topological polar surface area (TPSA) is 32.3 Å². The number of hydrogen-bond donors (Lipinski definition) is 1. The molecule has 14 heavy (non-hydrogen) atoms. The van der Waals surface area contributed by atoms with Crippen LogP contribution < -0.4 is 5.32 Å². The van der Waals surface area contributed by atoms with Crippen LogP contribution in [0.2, 0.25) is 0 Å². The van der Waals surface area contributed by atoms with Gasteiger partial charge in [0.05, 0.1) is 0 Å². The van der Waals surface area contributed by atoms with Gasteiger partial charge in [-0.2, -0.15) is 0 Å². The van der Waals surface area contributed by atoms with Crippen LogP contribution in [0.25, 0.3) is 0 Å². The molecule has 3 nitrogen and oxygen atoms in total. The van der Waals surface area contributed by atoms with Crippen molar-refractivity contribution in [2.75, 3.05) is 32.1 Å². The van der Waals surface area contributed by atoms with Gasteiger partial charge in [0.1, 0.15) is 0 Å². The number of nitrogens with one attached hydrogen (secondary N) is 1. The van der Waals surface area contributed by atoms with E-state index >= 15 is 0 Å². The first-order chi connectivity index (χ1) is 6.58. The summed E-state index contributed by atoms with van der Waals surface area (Å²) in [4.78, 5) is 2.36. The third kappa shape index (κ3) is 4.53. The number of piperidine rings is 1. The van der Waals surface area contributed by atoms with Crippen molar-refractivity contribution in [1.29, 1.82) is 0 Å². The molecule has 0 spiro atoms. The summed E-state index contributed by atoms with van der Waals surface area (Å²) in [5.41, 5.74) is 0. The Morgan fingerprint density at radius 2 is 2.07 bits per heavy atom. The van der Waals surface area contributed by atoms with Gasteiger partial charge >= 0.3 is 0 Å². The first-order valence-electron chi connectivity index (χ1n) is 5.32. The second-order valence-corrected chi connectivity index (χ2v) is 5.86. The second kappa shape index (κ2) is 5.83. The van der Waals surface area contributed by atoms with E-state index in [0.29, 0.717) is 12.1 Å². The highest BCUT2D eigenvalue weighted by molar-refractivity contribution is 7.84. The van der Waals surface area contributed by atoms with Gasteiger partial charge in [0.15, 0.2) is 0 Å². The van der Waals surface area contributed by atoms with Crippen LogP contribution in [0.3, 0.4) is 0 Å². The molecule has 84 valence electrons. The first kappa shape index (κ1) is 12.1. The summed E-state index contributed by atoms with van der Waals surface area (Å²) in [6.07, 6.45) is 4.21. The number of rotatable bonds is 4. The van der Waals surface area contributed by atoms with E-state index in [9.17, 15) is 4.21 Å². The summed E-state index contributed by atoms with van der Waals surface area (Å²) < 4.78 is 11.0. The lowest BCUT2D eigenvalue weighted by Crippen LogP contribution is -2.45. The molecule has 1 heterocycles. The summed E-state index contributed by atoms with van der Waals surface area (Å²) in [6.45, 7) is 4.49. The van der Waals surface area contributed by atoms with Crippen LogP contribution in [0.15, 0.2) is 0 Å². The van der Waals surface area contributed by atoms with E-state index < -0.39 is 10.8 Å². The average Bonchev–Trinajstić information content (AvgIpc) is 2.07. The first-order valence-corrected chi connectivity index (χ1v) is 7.05. The van der Waals surface area contributed by atoms with E-state index in [1.807, 2.05) is 0 Å². The third-order valence-electron chi connectivity index (χ3n) is 2.72. The highest BCUT2D eigenvalue weighted by atomic mass is 32.2. The molecule has 1 fully saturated rings. The number of nitrogens with zero attached hydrogens (tertiary/aromatic N) is 1. The van der Waals surface area contributed by atoms with Gasteiger partial charge in [-0.3, -0.25) is 4.21 Å². The van der Waals surface area contributed by atoms with Crippen LogP contribution in [0.4, 0.5) is 0 Å². The molecule has 0 aromatic rings. The fourth-order valence-corrected chi connectivity index (χ4v) is 2.78. The normalized spacial score (nSPS) is 24.8. The summed E-state index contributed by atoms with van der Waals surface area (Å²) in [7, 11) is 1.49. The molecule has 2 unspecified atom stereocenters. The largest absolute Gasteiger partial charge is 0.310 e. The van der Waals surface area contributed by atoms with Crippen molar-refractivity contribution in [2.45, 2.75) is 31.8 Å². The highest BCUT2D eigenvalue weighted by Crippen LogP contribution is 2.08. The van der Waals surface area contributed by atoms with Crippen molar-refractivity contribution >= 4 is 10.8 Å². The molecule has 0 saturated carbocycles. The smallest absolute Gasteiger partial charge is 0.0383 e. The highest BCUT2D eigenvalue weighted by Gasteiger charge is 2.18. The molecule has 2 atom stereocenters. The third-order valence-corrected chi connectivity index (χ3v) is 3.69. The summed E-state index contributed by atoms with van der Waals surface area (Å²) in [5, 5.41) is 3.55. The van der Waals surface area contributed by atoms with E-state index in [0.717, 1.165) is 5.75 Å². The van der Waals surface area contributed by atoms with Gasteiger partial charge in [-0.1, -0.05) is 0 Å². The van der Waals surface area contributed by atoms with Gasteiger partial charge in [0.2, 0.25) is 0 Å². The maximum Gasteiger partial charge on any atom is 0.0383 e. The van der Waals surface area contributed by atoms with E-state index in [-0.39, 0.29) is 0 Å². The maximum absolute atomic E-state index is 11.0. The standard InChI is InChI=1S/C10H22N2OS/c1-9(8-14(3)13)11-10-4-6-12(2)7-5-10/h9-11H,4-8H2,1-3H3. The predicted molar refractivity (Wildman–Crippen MR) is 62.1 cm³/mol. The average molecular weight is 218 g/mol. The lowest BCUT2D eigenvalue weighted by atomic mass is 10.1. The van der Waals surface area contributed by atoms with Crippen molar-refractivity contribution in [3.05, 3.63) is 0 Å². The van der Waals surface area contributed by atoms with E-state index in [1.165, 1.54) is 25.9 Å². The Hall–Kier alpha value is 0.0700. The van der Waals surface area contributed by atoms with Gasteiger partial charge in [-0.25, -0.2) is 0 Å². The minimum absolute atomic E-state index is 0.384. The monoisotopic (exact) mass is 218 g/mol. The Morgan fingerprint density at radius 3 is 2.57 bits per heavy atom. The van der Waals surface area contributed by atoms with Gasteiger partial charge in [0, 0.05) is 34.9 Å². The minimum atomic E-state index is -0.680. The van der Waals surface area contributed by atoms with Crippen LogP contribution in [0.5, 0.6) is 0 Å². The Morgan fingerprint density at radius 1 is 1.50 bits per heavy atom. The van der Waals surface area contributed by atoms with Crippen LogP contribution in [0, 0.1) is 0 Å². The molecule has 1 saturated heterocycles. The zero-order valence-corrected chi connectivity index (χ0v) is 10.3. The zero-order chi connectivity index (χ0) is 10.6. The Kier molecular flexibility index (Phi) is 5.06. The fraction of sp³-hybridized carbons (Fsp3) is 1.00.